The van der Waals surface area contributed by atoms with Crippen LogP contribution in [0.5, 0.6) is 0 Å². The second kappa shape index (κ2) is 8.10. The Kier molecular flexibility index (Phi) is 5.64. The molecule has 3 rings (SSSR count). The Hall–Kier alpha value is -2.43. The molecule has 1 aromatic carbocycles. The number of amides is 1. The number of anilines is 2. The largest absolute Gasteiger partial charge is 0.348 e. The Morgan fingerprint density at radius 2 is 1.76 bits per heavy atom. The van der Waals surface area contributed by atoms with E-state index in [0.717, 1.165) is 18.5 Å². The fraction of sp³-hybridized carbons (Fsp3) is 0.450. The molecule has 0 atom stereocenters. The summed E-state index contributed by atoms with van der Waals surface area (Å²) in [6.07, 6.45) is 8.90. The molecule has 2 N–H and O–H groups in total. The molecule has 0 radical (unpaired) electrons. The van der Waals surface area contributed by atoms with Crippen LogP contribution >= 0.6 is 0 Å². The third-order valence-electron chi connectivity index (χ3n) is 4.67. The Morgan fingerprint density at radius 1 is 1.04 bits per heavy atom. The molecule has 1 heterocycles. The maximum Gasteiger partial charge on any atom is 0.271 e. The summed E-state index contributed by atoms with van der Waals surface area (Å²) < 4.78 is 0. The standard InChI is InChI=1S/C20H26N4O/c1-14(2)15-8-10-17(11-9-15)23-19-13-21-18(12-22-19)20(25)24-16-6-4-3-5-7-16/h8-14,16H,3-7H2,1-2H3,(H,22,23)(H,24,25). The number of carbonyl (C=O) groups is 1. The van der Waals surface area contributed by atoms with E-state index in [1.807, 2.05) is 12.1 Å². The third-order valence-corrected chi connectivity index (χ3v) is 4.67. The smallest absolute Gasteiger partial charge is 0.271 e. The van der Waals surface area contributed by atoms with Crippen LogP contribution in [0.15, 0.2) is 36.7 Å². The van der Waals surface area contributed by atoms with Crippen LogP contribution in [0.3, 0.4) is 0 Å². The van der Waals surface area contributed by atoms with Crippen LogP contribution in [0.1, 0.15) is 67.9 Å². The highest BCUT2D eigenvalue weighted by atomic mass is 16.1. The van der Waals surface area contributed by atoms with Gasteiger partial charge in [0.2, 0.25) is 0 Å². The van der Waals surface area contributed by atoms with E-state index >= 15 is 0 Å². The van der Waals surface area contributed by atoms with E-state index in [1.54, 1.807) is 6.20 Å². The lowest BCUT2D eigenvalue weighted by atomic mass is 9.95. The van der Waals surface area contributed by atoms with E-state index < -0.39 is 0 Å². The van der Waals surface area contributed by atoms with Crippen molar-refractivity contribution in [1.82, 2.24) is 15.3 Å². The van der Waals surface area contributed by atoms with Gasteiger partial charge in [-0.15, -0.1) is 0 Å². The summed E-state index contributed by atoms with van der Waals surface area (Å²) in [5, 5.41) is 6.27. The lowest BCUT2D eigenvalue weighted by Gasteiger charge is -2.22. The molecule has 1 aliphatic rings. The summed E-state index contributed by atoms with van der Waals surface area (Å²) in [4.78, 5) is 20.8. The maximum absolute atomic E-state index is 12.2. The molecule has 0 bridgehead atoms. The highest BCUT2D eigenvalue weighted by Crippen LogP contribution is 2.20. The minimum absolute atomic E-state index is 0.132. The molecule has 5 heteroatoms. The van der Waals surface area contributed by atoms with Crippen molar-refractivity contribution in [3.05, 3.63) is 47.9 Å². The fourth-order valence-electron chi connectivity index (χ4n) is 3.12. The molecule has 1 saturated carbocycles. The van der Waals surface area contributed by atoms with Crippen molar-refractivity contribution < 1.29 is 4.79 Å². The molecule has 0 unspecified atom stereocenters. The van der Waals surface area contributed by atoms with E-state index in [4.69, 9.17) is 0 Å². The first-order chi connectivity index (χ1) is 12.1. The van der Waals surface area contributed by atoms with Crippen molar-refractivity contribution in [2.45, 2.75) is 57.9 Å². The second-order valence-electron chi connectivity index (χ2n) is 7.00. The Balaban J connectivity index is 1.58. The van der Waals surface area contributed by atoms with Gasteiger partial charge in [0.1, 0.15) is 11.5 Å². The number of aromatic nitrogens is 2. The average molecular weight is 338 g/mol. The first-order valence-corrected chi connectivity index (χ1v) is 9.12. The molecule has 132 valence electrons. The monoisotopic (exact) mass is 338 g/mol. The van der Waals surface area contributed by atoms with Crippen LogP contribution in [0, 0.1) is 0 Å². The van der Waals surface area contributed by atoms with E-state index in [0.29, 0.717) is 17.4 Å². The first-order valence-electron chi connectivity index (χ1n) is 9.12. The molecule has 0 aliphatic heterocycles. The molecule has 1 aliphatic carbocycles. The van der Waals surface area contributed by atoms with Gasteiger partial charge < -0.3 is 10.6 Å². The Morgan fingerprint density at radius 3 is 2.36 bits per heavy atom. The number of nitrogens with one attached hydrogen (secondary N) is 2. The lowest BCUT2D eigenvalue weighted by Crippen LogP contribution is -2.36. The van der Waals surface area contributed by atoms with Gasteiger partial charge in [0.05, 0.1) is 12.4 Å². The Labute approximate surface area is 149 Å². The van der Waals surface area contributed by atoms with Gasteiger partial charge in [-0.1, -0.05) is 45.2 Å². The molecule has 2 aromatic rings. The first kappa shape index (κ1) is 17.4. The predicted octanol–water partition coefficient (Wildman–Crippen LogP) is 4.41. The van der Waals surface area contributed by atoms with Crippen molar-refractivity contribution in [3.8, 4) is 0 Å². The Bertz CT molecular complexity index is 689. The minimum atomic E-state index is -0.132. The van der Waals surface area contributed by atoms with Crippen molar-refractivity contribution in [1.29, 1.82) is 0 Å². The van der Waals surface area contributed by atoms with Gasteiger partial charge in [0, 0.05) is 11.7 Å². The van der Waals surface area contributed by atoms with E-state index in [9.17, 15) is 4.79 Å². The summed E-state index contributed by atoms with van der Waals surface area (Å²) in [5.74, 6) is 1.01. The van der Waals surface area contributed by atoms with Crippen molar-refractivity contribution >= 4 is 17.4 Å². The lowest BCUT2D eigenvalue weighted by molar-refractivity contribution is 0.0922. The van der Waals surface area contributed by atoms with Crippen LogP contribution in [0.25, 0.3) is 0 Å². The van der Waals surface area contributed by atoms with Crippen LogP contribution in [-0.4, -0.2) is 21.9 Å². The van der Waals surface area contributed by atoms with Gasteiger partial charge in [-0.2, -0.15) is 0 Å². The molecule has 1 aromatic heterocycles. The zero-order chi connectivity index (χ0) is 17.6. The van der Waals surface area contributed by atoms with Gasteiger partial charge in [0.25, 0.3) is 5.91 Å². The van der Waals surface area contributed by atoms with Crippen molar-refractivity contribution in [2.24, 2.45) is 0 Å². The second-order valence-corrected chi connectivity index (χ2v) is 7.00. The minimum Gasteiger partial charge on any atom is -0.348 e. The maximum atomic E-state index is 12.2. The quantitative estimate of drug-likeness (QED) is 0.847. The number of nitrogens with zero attached hydrogens (tertiary/aromatic N) is 2. The molecular formula is C20H26N4O. The normalized spacial score (nSPS) is 15.2. The van der Waals surface area contributed by atoms with E-state index in [2.05, 4.69) is 46.6 Å². The summed E-state index contributed by atoms with van der Waals surface area (Å²) in [5.41, 5.74) is 2.62. The van der Waals surface area contributed by atoms with E-state index in [-0.39, 0.29) is 11.9 Å². The molecule has 5 nitrogen and oxygen atoms in total. The topological polar surface area (TPSA) is 66.9 Å². The molecule has 0 saturated heterocycles. The van der Waals surface area contributed by atoms with Gasteiger partial charge >= 0.3 is 0 Å². The summed E-state index contributed by atoms with van der Waals surface area (Å²) in [6.45, 7) is 4.34. The van der Waals surface area contributed by atoms with Gasteiger partial charge in [-0.3, -0.25) is 4.79 Å². The van der Waals surface area contributed by atoms with Crippen molar-refractivity contribution in [2.75, 3.05) is 5.32 Å². The number of rotatable bonds is 5. The van der Waals surface area contributed by atoms with Crippen LogP contribution < -0.4 is 10.6 Å². The summed E-state index contributed by atoms with van der Waals surface area (Å²) >= 11 is 0. The highest BCUT2D eigenvalue weighted by molar-refractivity contribution is 5.92. The number of hydrogen-bond donors (Lipinski definition) is 2. The van der Waals surface area contributed by atoms with Gasteiger partial charge in [-0.05, 0) is 36.5 Å². The van der Waals surface area contributed by atoms with Crippen LogP contribution in [0.4, 0.5) is 11.5 Å². The predicted molar refractivity (Wildman–Crippen MR) is 100 cm³/mol. The molecule has 25 heavy (non-hydrogen) atoms. The average Bonchev–Trinajstić information content (AvgIpc) is 2.63. The number of benzene rings is 1. The van der Waals surface area contributed by atoms with Crippen LogP contribution in [0.2, 0.25) is 0 Å². The number of carbonyl (C=O) groups excluding carboxylic acids is 1. The summed E-state index contributed by atoms with van der Waals surface area (Å²) in [6, 6.07) is 8.54. The summed E-state index contributed by atoms with van der Waals surface area (Å²) in [7, 11) is 0. The van der Waals surface area contributed by atoms with E-state index in [1.165, 1.54) is 31.0 Å². The molecule has 1 fully saturated rings. The van der Waals surface area contributed by atoms with Gasteiger partial charge in [0.15, 0.2) is 0 Å². The SMILES string of the molecule is CC(C)c1ccc(Nc2cnc(C(=O)NC3CCCCC3)cn2)cc1. The van der Waals surface area contributed by atoms with Crippen molar-refractivity contribution in [3.63, 3.8) is 0 Å². The van der Waals surface area contributed by atoms with Crippen LogP contribution in [-0.2, 0) is 0 Å². The third kappa shape index (κ3) is 4.78. The zero-order valence-electron chi connectivity index (χ0n) is 15.0. The van der Waals surface area contributed by atoms with Gasteiger partial charge in [-0.25, -0.2) is 9.97 Å². The fourth-order valence-corrected chi connectivity index (χ4v) is 3.12. The highest BCUT2D eigenvalue weighted by Gasteiger charge is 2.17. The molecule has 0 spiro atoms. The molecule has 1 amide bonds. The number of hydrogen-bond acceptors (Lipinski definition) is 4. The zero-order valence-corrected chi connectivity index (χ0v) is 15.0. The molecular weight excluding hydrogens is 312 g/mol.